The zero-order valence-corrected chi connectivity index (χ0v) is 12.6. The number of hydrogen-bond donors (Lipinski definition) is 1. The van der Waals surface area contributed by atoms with Crippen LogP contribution >= 0.6 is 0 Å². The van der Waals surface area contributed by atoms with Crippen LogP contribution in [0, 0.1) is 11.6 Å². The fraction of sp³-hybridized carbons (Fsp3) is 0.600. The van der Waals surface area contributed by atoms with Gasteiger partial charge in [0.1, 0.15) is 0 Å². The van der Waals surface area contributed by atoms with Crippen molar-refractivity contribution in [2.45, 2.75) is 26.0 Å². The molecule has 0 amide bonds. The predicted molar refractivity (Wildman–Crippen MR) is 76.6 cm³/mol. The number of likely N-dealkylation sites (N-methyl/N-ethyl adjacent to an activating group) is 2. The highest BCUT2D eigenvalue weighted by atomic mass is 19.2. The van der Waals surface area contributed by atoms with E-state index in [1.54, 1.807) is 0 Å². The smallest absolute Gasteiger partial charge is 0.164 e. The average molecular weight is 286 g/mol. The Labute approximate surface area is 119 Å². The molecular weight excluding hydrogens is 262 g/mol. The Morgan fingerprint density at radius 3 is 2.40 bits per heavy atom. The van der Waals surface area contributed by atoms with Gasteiger partial charge in [-0.25, -0.2) is 8.78 Å². The molecule has 2 atom stereocenters. The molecule has 0 fully saturated rings. The van der Waals surface area contributed by atoms with Gasteiger partial charge in [0.25, 0.3) is 0 Å². The molecule has 0 spiro atoms. The highest BCUT2D eigenvalue weighted by molar-refractivity contribution is 5.21. The summed E-state index contributed by atoms with van der Waals surface area (Å²) in [7, 11) is 3.96. The first kappa shape index (κ1) is 17.0. The molecule has 0 radical (unpaired) electrons. The van der Waals surface area contributed by atoms with Gasteiger partial charge in [-0.1, -0.05) is 19.1 Å². The van der Waals surface area contributed by atoms with E-state index in [9.17, 15) is 13.9 Å². The van der Waals surface area contributed by atoms with Crippen molar-refractivity contribution in [1.29, 1.82) is 0 Å². The largest absolute Gasteiger partial charge is 0.387 e. The van der Waals surface area contributed by atoms with Gasteiger partial charge < -0.3 is 10.0 Å². The van der Waals surface area contributed by atoms with E-state index in [4.69, 9.17) is 0 Å². The first-order valence-corrected chi connectivity index (χ1v) is 6.87. The van der Waals surface area contributed by atoms with Crippen molar-refractivity contribution in [3.8, 4) is 0 Å². The number of aliphatic hydroxyl groups is 1. The summed E-state index contributed by atoms with van der Waals surface area (Å²) in [4.78, 5) is 4.11. The van der Waals surface area contributed by atoms with Crippen molar-refractivity contribution in [1.82, 2.24) is 9.80 Å². The van der Waals surface area contributed by atoms with Gasteiger partial charge in [-0.2, -0.15) is 0 Å². The van der Waals surface area contributed by atoms with E-state index >= 15 is 0 Å². The Morgan fingerprint density at radius 2 is 1.85 bits per heavy atom. The monoisotopic (exact) mass is 286 g/mol. The van der Waals surface area contributed by atoms with Crippen molar-refractivity contribution in [3.05, 3.63) is 35.4 Å². The molecule has 1 aromatic carbocycles. The van der Waals surface area contributed by atoms with Crippen LogP contribution in [-0.2, 0) is 0 Å². The predicted octanol–water partition coefficient (Wildman–Crippen LogP) is 2.27. The molecule has 5 heteroatoms. The summed E-state index contributed by atoms with van der Waals surface area (Å²) in [5, 5.41) is 10.1. The molecule has 0 aliphatic rings. The lowest BCUT2D eigenvalue weighted by Gasteiger charge is -2.31. The summed E-state index contributed by atoms with van der Waals surface area (Å²) in [5.74, 6) is -1.89. The van der Waals surface area contributed by atoms with Gasteiger partial charge >= 0.3 is 0 Å². The summed E-state index contributed by atoms with van der Waals surface area (Å²) in [5.41, 5.74) is 0.0144. The molecule has 0 heterocycles. The maximum absolute atomic E-state index is 13.7. The molecule has 0 bridgehead atoms. The van der Waals surface area contributed by atoms with Crippen molar-refractivity contribution in [3.63, 3.8) is 0 Å². The number of halogens is 2. The number of hydrogen-bond acceptors (Lipinski definition) is 3. The minimum atomic E-state index is -1.03. The molecule has 20 heavy (non-hydrogen) atoms. The zero-order valence-electron chi connectivity index (χ0n) is 12.6. The highest BCUT2D eigenvalue weighted by Gasteiger charge is 2.21. The van der Waals surface area contributed by atoms with Gasteiger partial charge in [-0.15, -0.1) is 0 Å². The Hall–Kier alpha value is -1.04. The highest BCUT2D eigenvalue weighted by Crippen LogP contribution is 2.21. The maximum Gasteiger partial charge on any atom is 0.164 e. The zero-order chi connectivity index (χ0) is 15.3. The van der Waals surface area contributed by atoms with Gasteiger partial charge in [0.2, 0.25) is 0 Å². The molecule has 0 aromatic heterocycles. The van der Waals surface area contributed by atoms with E-state index < -0.39 is 17.7 Å². The lowest BCUT2D eigenvalue weighted by atomic mass is 10.1. The molecule has 0 saturated heterocycles. The third-order valence-electron chi connectivity index (χ3n) is 3.41. The van der Waals surface area contributed by atoms with Crippen LogP contribution in [0.15, 0.2) is 18.2 Å². The second-order valence-electron chi connectivity index (χ2n) is 5.36. The van der Waals surface area contributed by atoms with Crippen molar-refractivity contribution < 1.29 is 13.9 Å². The maximum atomic E-state index is 13.7. The summed E-state index contributed by atoms with van der Waals surface area (Å²) >= 11 is 0. The summed E-state index contributed by atoms with van der Waals surface area (Å²) < 4.78 is 26.8. The third kappa shape index (κ3) is 4.51. The Kier molecular flexibility index (Phi) is 6.52. The normalized spacial score (nSPS) is 14.8. The van der Waals surface area contributed by atoms with Crippen molar-refractivity contribution in [2.75, 3.05) is 33.7 Å². The number of nitrogens with zero attached hydrogens (tertiary/aromatic N) is 2. The first-order valence-electron chi connectivity index (χ1n) is 6.87. The van der Waals surface area contributed by atoms with Crippen molar-refractivity contribution in [2.24, 2.45) is 0 Å². The second-order valence-corrected chi connectivity index (χ2v) is 5.36. The summed E-state index contributed by atoms with van der Waals surface area (Å²) in [6.45, 7) is 5.90. The van der Waals surface area contributed by atoms with Crippen LogP contribution < -0.4 is 0 Å². The van der Waals surface area contributed by atoms with Crippen LogP contribution in [-0.4, -0.2) is 54.7 Å². The first-order chi connectivity index (χ1) is 9.36. The fourth-order valence-corrected chi connectivity index (χ4v) is 2.36. The minimum Gasteiger partial charge on any atom is -0.387 e. The van der Waals surface area contributed by atoms with E-state index in [-0.39, 0.29) is 18.2 Å². The molecule has 1 N–H and O–H groups in total. The fourth-order valence-electron chi connectivity index (χ4n) is 2.36. The quantitative estimate of drug-likeness (QED) is 0.833. The molecule has 2 unspecified atom stereocenters. The topological polar surface area (TPSA) is 26.7 Å². The van der Waals surface area contributed by atoms with Crippen LogP contribution in [0.3, 0.4) is 0 Å². The molecule has 1 aromatic rings. The van der Waals surface area contributed by atoms with Crippen LogP contribution in [0.5, 0.6) is 0 Å². The van der Waals surface area contributed by atoms with Crippen LogP contribution in [0.2, 0.25) is 0 Å². The van der Waals surface area contributed by atoms with Crippen LogP contribution in [0.4, 0.5) is 8.78 Å². The summed E-state index contributed by atoms with van der Waals surface area (Å²) in [6.07, 6.45) is -1.03. The Morgan fingerprint density at radius 1 is 1.20 bits per heavy atom. The van der Waals surface area contributed by atoms with Gasteiger partial charge in [-0.3, -0.25) is 4.90 Å². The third-order valence-corrected chi connectivity index (χ3v) is 3.41. The average Bonchev–Trinajstić information content (AvgIpc) is 2.37. The van der Waals surface area contributed by atoms with Crippen molar-refractivity contribution >= 4 is 0 Å². The Balaban J connectivity index is 2.76. The molecule has 0 aliphatic heterocycles. The SMILES string of the molecule is CCN(CC(O)c1cccc(F)c1F)C(C)CN(C)C. The van der Waals surface area contributed by atoms with E-state index in [1.807, 2.05) is 21.0 Å². The standard InChI is InChI=1S/C15H24F2N2O/c1-5-19(11(2)9-18(3)4)10-14(20)12-7-6-8-13(16)15(12)17/h6-8,11,14,20H,5,9-10H2,1-4H3. The number of rotatable bonds is 7. The van der Waals surface area contributed by atoms with E-state index in [0.29, 0.717) is 0 Å². The van der Waals surface area contributed by atoms with E-state index in [0.717, 1.165) is 19.2 Å². The molecule has 3 nitrogen and oxygen atoms in total. The van der Waals surface area contributed by atoms with Gasteiger partial charge in [-0.05, 0) is 33.6 Å². The van der Waals surface area contributed by atoms with E-state index in [1.165, 1.54) is 12.1 Å². The summed E-state index contributed by atoms with van der Waals surface area (Å²) in [6, 6.07) is 4.11. The lowest BCUT2D eigenvalue weighted by Crippen LogP contribution is -2.42. The minimum absolute atomic E-state index is 0.0144. The number of aliphatic hydroxyl groups excluding tert-OH is 1. The molecule has 1 rings (SSSR count). The molecular formula is C15H24F2N2O. The van der Waals surface area contributed by atoms with Gasteiger partial charge in [0, 0.05) is 24.7 Å². The molecule has 114 valence electrons. The van der Waals surface area contributed by atoms with Gasteiger partial charge in [0.05, 0.1) is 6.10 Å². The Bertz CT molecular complexity index is 426. The lowest BCUT2D eigenvalue weighted by molar-refractivity contribution is 0.0832. The second kappa shape index (κ2) is 7.67. The molecule has 0 aliphatic carbocycles. The number of benzene rings is 1. The van der Waals surface area contributed by atoms with Gasteiger partial charge in [0.15, 0.2) is 11.6 Å². The molecule has 0 saturated carbocycles. The van der Waals surface area contributed by atoms with Crippen LogP contribution in [0.25, 0.3) is 0 Å². The van der Waals surface area contributed by atoms with Crippen LogP contribution in [0.1, 0.15) is 25.5 Å². The van der Waals surface area contributed by atoms with E-state index in [2.05, 4.69) is 16.7 Å².